The Bertz CT molecular complexity index is 419. The van der Waals surface area contributed by atoms with E-state index >= 15 is 0 Å². The summed E-state index contributed by atoms with van der Waals surface area (Å²) in [4.78, 5) is 2.41. The zero-order valence-electron chi connectivity index (χ0n) is 12.9. The molecular formula is C17H28N2O. The highest BCUT2D eigenvalue weighted by atomic mass is 16.5. The Morgan fingerprint density at radius 3 is 2.90 bits per heavy atom. The van der Waals surface area contributed by atoms with Crippen LogP contribution >= 0.6 is 0 Å². The van der Waals surface area contributed by atoms with Crippen LogP contribution in [-0.2, 0) is 0 Å². The van der Waals surface area contributed by atoms with E-state index in [4.69, 9.17) is 10.5 Å². The van der Waals surface area contributed by atoms with Gasteiger partial charge in [-0.1, -0.05) is 19.8 Å². The number of anilines is 1. The second-order valence-electron chi connectivity index (χ2n) is 5.85. The molecule has 0 saturated carbocycles. The molecule has 1 saturated heterocycles. The van der Waals surface area contributed by atoms with Crippen molar-refractivity contribution in [2.75, 3.05) is 24.6 Å². The fraction of sp³-hybridized carbons (Fsp3) is 0.647. The molecule has 20 heavy (non-hydrogen) atoms. The van der Waals surface area contributed by atoms with Gasteiger partial charge in [0.15, 0.2) is 0 Å². The monoisotopic (exact) mass is 276 g/mol. The van der Waals surface area contributed by atoms with Crippen molar-refractivity contribution >= 4 is 5.69 Å². The standard InChI is InChI=1S/C17H28N2O/c1-3-4-5-11-20-16-8-9-17(14(2)12-16)19-10-6-7-15(18)13-19/h8-9,12,15H,3-7,10-11,13,18H2,1-2H3. The van der Waals surface area contributed by atoms with E-state index in [0.717, 1.165) is 38.3 Å². The SMILES string of the molecule is CCCCCOc1ccc(N2CCCC(N)C2)c(C)c1. The van der Waals surface area contributed by atoms with E-state index in [0.29, 0.717) is 6.04 Å². The number of aryl methyl sites for hydroxylation is 1. The van der Waals surface area contributed by atoms with Gasteiger partial charge < -0.3 is 15.4 Å². The molecule has 3 nitrogen and oxygen atoms in total. The highest BCUT2D eigenvalue weighted by Crippen LogP contribution is 2.27. The number of hydrogen-bond donors (Lipinski definition) is 1. The third-order valence-electron chi connectivity index (χ3n) is 3.98. The minimum absolute atomic E-state index is 0.313. The predicted octanol–water partition coefficient (Wildman–Crippen LogP) is 3.49. The van der Waals surface area contributed by atoms with Gasteiger partial charge in [-0.05, 0) is 49.9 Å². The lowest BCUT2D eigenvalue weighted by atomic mass is 10.0. The molecule has 1 fully saturated rings. The molecular weight excluding hydrogens is 248 g/mol. The number of nitrogens with two attached hydrogens (primary N) is 1. The average molecular weight is 276 g/mol. The summed E-state index contributed by atoms with van der Waals surface area (Å²) in [5, 5.41) is 0. The summed E-state index contributed by atoms with van der Waals surface area (Å²) in [6.45, 7) is 7.28. The Morgan fingerprint density at radius 2 is 2.20 bits per heavy atom. The molecule has 1 heterocycles. The molecule has 0 radical (unpaired) electrons. The first-order valence-electron chi connectivity index (χ1n) is 7.94. The molecule has 1 aliphatic heterocycles. The molecule has 1 unspecified atom stereocenters. The first kappa shape index (κ1) is 15.2. The van der Waals surface area contributed by atoms with Gasteiger partial charge in [-0.25, -0.2) is 0 Å². The van der Waals surface area contributed by atoms with Crippen LogP contribution in [0.1, 0.15) is 44.6 Å². The van der Waals surface area contributed by atoms with Gasteiger partial charge >= 0.3 is 0 Å². The summed E-state index contributed by atoms with van der Waals surface area (Å²) in [7, 11) is 0. The quantitative estimate of drug-likeness (QED) is 0.808. The maximum atomic E-state index is 6.07. The maximum absolute atomic E-state index is 6.07. The van der Waals surface area contributed by atoms with Crippen molar-refractivity contribution in [2.45, 2.75) is 52.0 Å². The van der Waals surface area contributed by atoms with E-state index in [9.17, 15) is 0 Å². The molecule has 0 aromatic heterocycles. The van der Waals surface area contributed by atoms with Crippen molar-refractivity contribution in [3.8, 4) is 5.75 Å². The third kappa shape index (κ3) is 4.14. The lowest BCUT2D eigenvalue weighted by Crippen LogP contribution is -2.43. The molecule has 2 N–H and O–H groups in total. The molecule has 0 spiro atoms. The summed E-state index contributed by atoms with van der Waals surface area (Å²) in [5.74, 6) is 0.990. The lowest BCUT2D eigenvalue weighted by Gasteiger charge is -2.33. The normalized spacial score (nSPS) is 19.1. The molecule has 0 amide bonds. The van der Waals surface area contributed by atoms with Gasteiger partial charge in [0.25, 0.3) is 0 Å². The molecule has 0 aliphatic carbocycles. The van der Waals surface area contributed by atoms with Gasteiger partial charge in [-0.2, -0.15) is 0 Å². The first-order chi connectivity index (χ1) is 9.70. The molecule has 0 bridgehead atoms. The number of unbranched alkanes of at least 4 members (excludes halogenated alkanes) is 2. The summed E-state index contributed by atoms with van der Waals surface area (Å²) in [6.07, 6.45) is 5.95. The van der Waals surface area contributed by atoms with Crippen LogP contribution in [0.3, 0.4) is 0 Å². The van der Waals surface area contributed by atoms with Crippen molar-refractivity contribution in [1.82, 2.24) is 0 Å². The van der Waals surface area contributed by atoms with E-state index in [1.165, 1.54) is 30.5 Å². The molecule has 112 valence electrons. The number of hydrogen-bond acceptors (Lipinski definition) is 3. The molecule has 1 aromatic rings. The van der Waals surface area contributed by atoms with Crippen LogP contribution in [0.25, 0.3) is 0 Å². The number of rotatable bonds is 6. The summed E-state index contributed by atoms with van der Waals surface area (Å²) < 4.78 is 5.81. The number of nitrogens with zero attached hydrogens (tertiary/aromatic N) is 1. The topological polar surface area (TPSA) is 38.5 Å². The molecule has 3 heteroatoms. The van der Waals surface area contributed by atoms with Crippen LogP contribution in [0, 0.1) is 6.92 Å². The highest BCUT2D eigenvalue weighted by Gasteiger charge is 2.18. The zero-order valence-corrected chi connectivity index (χ0v) is 12.9. The molecule has 2 rings (SSSR count). The van der Waals surface area contributed by atoms with Crippen molar-refractivity contribution in [3.63, 3.8) is 0 Å². The minimum atomic E-state index is 0.313. The lowest BCUT2D eigenvalue weighted by molar-refractivity contribution is 0.306. The molecule has 1 aromatic carbocycles. The number of piperidine rings is 1. The van der Waals surface area contributed by atoms with Crippen LogP contribution in [0.5, 0.6) is 5.75 Å². The van der Waals surface area contributed by atoms with Gasteiger partial charge in [-0.3, -0.25) is 0 Å². The van der Waals surface area contributed by atoms with Gasteiger partial charge in [0, 0.05) is 24.8 Å². The van der Waals surface area contributed by atoms with E-state index in [1.807, 2.05) is 0 Å². The Kier molecular flexibility index (Phi) is 5.72. The van der Waals surface area contributed by atoms with Crippen LogP contribution in [0.2, 0.25) is 0 Å². The van der Waals surface area contributed by atoms with Crippen LogP contribution < -0.4 is 15.4 Å². The second-order valence-corrected chi connectivity index (χ2v) is 5.85. The van der Waals surface area contributed by atoms with Crippen LogP contribution in [0.15, 0.2) is 18.2 Å². The number of benzene rings is 1. The highest BCUT2D eigenvalue weighted by molar-refractivity contribution is 5.56. The third-order valence-corrected chi connectivity index (χ3v) is 3.98. The van der Waals surface area contributed by atoms with Crippen molar-refractivity contribution < 1.29 is 4.74 Å². The summed E-state index contributed by atoms with van der Waals surface area (Å²) >= 11 is 0. The van der Waals surface area contributed by atoms with E-state index < -0.39 is 0 Å². The van der Waals surface area contributed by atoms with E-state index in [1.54, 1.807) is 0 Å². The van der Waals surface area contributed by atoms with Crippen LogP contribution in [-0.4, -0.2) is 25.7 Å². The Balaban J connectivity index is 1.95. The smallest absolute Gasteiger partial charge is 0.119 e. The summed E-state index contributed by atoms with van der Waals surface area (Å²) in [5.41, 5.74) is 8.66. The Morgan fingerprint density at radius 1 is 1.35 bits per heavy atom. The Labute approximate surface area is 123 Å². The largest absolute Gasteiger partial charge is 0.494 e. The average Bonchev–Trinajstić information content (AvgIpc) is 2.44. The van der Waals surface area contributed by atoms with Crippen LogP contribution in [0.4, 0.5) is 5.69 Å². The van der Waals surface area contributed by atoms with Crippen molar-refractivity contribution in [2.24, 2.45) is 5.73 Å². The van der Waals surface area contributed by atoms with Crippen molar-refractivity contribution in [1.29, 1.82) is 0 Å². The van der Waals surface area contributed by atoms with Crippen molar-refractivity contribution in [3.05, 3.63) is 23.8 Å². The zero-order chi connectivity index (χ0) is 14.4. The van der Waals surface area contributed by atoms with Gasteiger partial charge in [0.05, 0.1) is 6.61 Å². The molecule has 1 atom stereocenters. The predicted molar refractivity (Wildman–Crippen MR) is 85.6 cm³/mol. The maximum Gasteiger partial charge on any atom is 0.119 e. The Hall–Kier alpha value is -1.22. The summed E-state index contributed by atoms with van der Waals surface area (Å²) in [6, 6.07) is 6.74. The van der Waals surface area contributed by atoms with E-state index in [-0.39, 0.29) is 0 Å². The van der Waals surface area contributed by atoms with Gasteiger partial charge in [0.1, 0.15) is 5.75 Å². The van der Waals surface area contributed by atoms with E-state index in [2.05, 4.69) is 36.9 Å². The van der Waals surface area contributed by atoms with Gasteiger partial charge in [-0.15, -0.1) is 0 Å². The number of ether oxygens (including phenoxy) is 1. The van der Waals surface area contributed by atoms with Gasteiger partial charge in [0.2, 0.25) is 0 Å². The fourth-order valence-corrected chi connectivity index (χ4v) is 2.84. The first-order valence-corrected chi connectivity index (χ1v) is 7.94. The fourth-order valence-electron chi connectivity index (χ4n) is 2.84. The second kappa shape index (κ2) is 7.53. The minimum Gasteiger partial charge on any atom is -0.494 e. The molecule has 1 aliphatic rings.